The van der Waals surface area contributed by atoms with Gasteiger partial charge in [0.25, 0.3) is 0 Å². The second kappa shape index (κ2) is 9.78. The number of nitrogens with one attached hydrogen (secondary N) is 3. The number of rotatable bonds is 6. The van der Waals surface area contributed by atoms with E-state index in [0.29, 0.717) is 24.0 Å². The summed E-state index contributed by atoms with van der Waals surface area (Å²) in [6.07, 6.45) is 7.87. The van der Waals surface area contributed by atoms with Gasteiger partial charge in [-0.05, 0) is 31.4 Å². The van der Waals surface area contributed by atoms with Crippen molar-refractivity contribution in [2.24, 2.45) is 4.99 Å². The van der Waals surface area contributed by atoms with Gasteiger partial charge in [0.15, 0.2) is 5.96 Å². The highest BCUT2D eigenvalue weighted by Crippen LogP contribution is 2.25. The Balaban J connectivity index is 1.39. The SMILES string of the molecule is CN=C(NCCC(=O)NC1CCCC1)NC1CCN(c2ncccc2Cl)C1. The highest BCUT2D eigenvalue weighted by Gasteiger charge is 2.25. The van der Waals surface area contributed by atoms with Gasteiger partial charge in [-0.1, -0.05) is 24.4 Å². The number of carbonyl (C=O) groups is 1. The number of nitrogens with zero attached hydrogens (tertiary/aromatic N) is 3. The lowest BCUT2D eigenvalue weighted by Crippen LogP contribution is -2.45. The number of amides is 1. The van der Waals surface area contributed by atoms with Gasteiger partial charge >= 0.3 is 0 Å². The summed E-state index contributed by atoms with van der Waals surface area (Å²) in [5.41, 5.74) is 0. The van der Waals surface area contributed by atoms with E-state index in [1.807, 2.05) is 12.1 Å². The van der Waals surface area contributed by atoms with Crippen LogP contribution in [-0.4, -0.2) is 55.6 Å². The molecule has 1 amide bonds. The van der Waals surface area contributed by atoms with Crippen LogP contribution in [0.25, 0.3) is 0 Å². The number of hydrogen-bond acceptors (Lipinski definition) is 4. The second-order valence-electron chi connectivity index (χ2n) is 7.18. The third kappa shape index (κ3) is 5.73. The predicted molar refractivity (Wildman–Crippen MR) is 109 cm³/mol. The molecular formula is C19H29ClN6O. The number of anilines is 1. The second-order valence-corrected chi connectivity index (χ2v) is 7.59. The van der Waals surface area contributed by atoms with E-state index in [2.05, 4.69) is 30.8 Å². The van der Waals surface area contributed by atoms with Crippen molar-refractivity contribution in [3.8, 4) is 0 Å². The largest absolute Gasteiger partial charge is 0.356 e. The Morgan fingerprint density at radius 2 is 2.11 bits per heavy atom. The Morgan fingerprint density at radius 1 is 1.30 bits per heavy atom. The van der Waals surface area contributed by atoms with Crippen molar-refractivity contribution in [2.75, 3.05) is 31.6 Å². The zero-order valence-corrected chi connectivity index (χ0v) is 16.6. The molecule has 148 valence electrons. The zero-order chi connectivity index (χ0) is 19.1. The van der Waals surface area contributed by atoms with E-state index in [1.54, 1.807) is 13.2 Å². The summed E-state index contributed by atoms with van der Waals surface area (Å²) in [6, 6.07) is 4.34. The minimum absolute atomic E-state index is 0.113. The molecule has 2 fully saturated rings. The molecule has 2 aliphatic rings. The highest BCUT2D eigenvalue weighted by atomic mass is 35.5. The van der Waals surface area contributed by atoms with E-state index in [1.165, 1.54) is 12.8 Å². The van der Waals surface area contributed by atoms with Crippen molar-refractivity contribution < 1.29 is 4.79 Å². The molecule has 0 aromatic carbocycles. The number of aliphatic imine (C=N–C) groups is 1. The topological polar surface area (TPSA) is 81.6 Å². The van der Waals surface area contributed by atoms with Gasteiger partial charge in [-0.3, -0.25) is 9.79 Å². The Hall–Kier alpha value is -2.02. The van der Waals surface area contributed by atoms with Crippen LogP contribution in [0.1, 0.15) is 38.5 Å². The van der Waals surface area contributed by atoms with Crippen LogP contribution in [0.15, 0.2) is 23.3 Å². The van der Waals surface area contributed by atoms with E-state index in [0.717, 1.165) is 44.1 Å². The van der Waals surface area contributed by atoms with Crippen LogP contribution >= 0.6 is 11.6 Å². The van der Waals surface area contributed by atoms with Crippen molar-refractivity contribution in [1.82, 2.24) is 20.9 Å². The Bertz CT molecular complexity index is 661. The Morgan fingerprint density at radius 3 is 2.85 bits per heavy atom. The zero-order valence-electron chi connectivity index (χ0n) is 15.9. The molecule has 0 bridgehead atoms. The summed E-state index contributed by atoms with van der Waals surface area (Å²) in [7, 11) is 1.75. The average Bonchev–Trinajstić information content (AvgIpc) is 3.33. The van der Waals surface area contributed by atoms with Crippen LogP contribution < -0.4 is 20.9 Å². The average molecular weight is 393 g/mol. The molecule has 27 heavy (non-hydrogen) atoms. The maximum atomic E-state index is 12.0. The standard InChI is InChI=1S/C19H29ClN6O/c1-21-19(23-11-8-17(27)24-14-5-2-3-6-14)25-15-9-12-26(13-15)18-16(20)7-4-10-22-18/h4,7,10,14-15H,2-3,5-6,8-9,11-13H2,1H3,(H,24,27)(H2,21,23,25). The minimum Gasteiger partial charge on any atom is -0.356 e. The molecule has 1 atom stereocenters. The summed E-state index contributed by atoms with van der Waals surface area (Å²) in [5.74, 6) is 1.67. The quantitative estimate of drug-likeness (QED) is 0.509. The molecule has 1 saturated heterocycles. The summed E-state index contributed by atoms with van der Waals surface area (Å²) in [6.45, 7) is 2.29. The van der Waals surface area contributed by atoms with Crippen LogP contribution in [0.5, 0.6) is 0 Å². The Labute approximate surface area is 166 Å². The normalized spacial score (nSPS) is 20.7. The van der Waals surface area contributed by atoms with Crippen molar-refractivity contribution >= 4 is 29.3 Å². The van der Waals surface area contributed by atoms with Gasteiger partial charge in [0.2, 0.25) is 5.91 Å². The first kappa shape index (κ1) is 19.7. The fourth-order valence-electron chi connectivity index (χ4n) is 3.73. The number of pyridine rings is 1. The smallest absolute Gasteiger partial charge is 0.221 e. The van der Waals surface area contributed by atoms with Crippen LogP contribution in [0.4, 0.5) is 5.82 Å². The van der Waals surface area contributed by atoms with Gasteiger partial charge in [0, 0.05) is 51.4 Å². The first-order valence-electron chi connectivity index (χ1n) is 9.77. The van der Waals surface area contributed by atoms with Crippen LogP contribution in [0.2, 0.25) is 5.02 Å². The third-order valence-corrected chi connectivity index (χ3v) is 5.45. The maximum Gasteiger partial charge on any atom is 0.221 e. The molecule has 7 nitrogen and oxygen atoms in total. The first-order valence-corrected chi connectivity index (χ1v) is 10.2. The molecule has 1 saturated carbocycles. The summed E-state index contributed by atoms with van der Waals surface area (Å²) in [5, 5.41) is 10.4. The van der Waals surface area contributed by atoms with E-state index in [-0.39, 0.29) is 11.9 Å². The predicted octanol–water partition coefficient (Wildman–Crippen LogP) is 1.93. The molecule has 3 rings (SSSR count). The molecular weight excluding hydrogens is 364 g/mol. The number of hydrogen-bond donors (Lipinski definition) is 3. The lowest BCUT2D eigenvalue weighted by Gasteiger charge is -2.20. The van der Waals surface area contributed by atoms with E-state index < -0.39 is 0 Å². The monoisotopic (exact) mass is 392 g/mol. The fraction of sp³-hybridized carbons (Fsp3) is 0.632. The number of guanidine groups is 1. The molecule has 2 heterocycles. The van der Waals surface area contributed by atoms with Gasteiger partial charge in [0.05, 0.1) is 5.02 Å². The Kier molecular flexibility index (Phi) is 7.15. The van der Waals surface area contributed by atoms with E-state index in [9.17, 15) is 4.79 Å². The summed E-state index contributed by atoms with van der Waals surface area (Å²) >= 11 is 6.25. The third-order valence-electron chi connectivity index (χ3n) is 5.16. The lowest BCUT2D eigenvalue weighted by atomic mass is 10.2. The van der Waals surface area contributed by atoms with Crippen LogP contribution in [-0.2, 0) is 4.79 Å². The van der Waals surface area contributed by atoms with Gasteiger partial charge in [-0.2, -0.15) is 0 Å². The molecule has 1 aromatic heterocycles. The fourth-order valence-corrected chi connectivity index (χ4v) is 3.97. The number of halogens is 1. The summed E-state index contributed by atoms with van der Waals surface area (Å²) in [4.78, 5) is 22.8. The summed E-state index contributed by atoms with van der Waals surface area (Å²) < 4.78 is 0. The molecule has 1 aromatic rings. The molecule has 0 radical (unpaired) electrons. The van der Waals surface area contributed by atoms with Crippen molar-refractivity contribution in [3.05, 3.63) is 23.4 Å². The number of carbonyl (C=O) groups excluding carboxylic acids is 1. The van der Waals surface area contributed by atoms with Crippen molar-refractivity contribution in [2.45, 2.75) is 50.6 Å². The molecule has 3 N–H and O–H groups in total. The van der Waals surface area contributed by atoms with Gasteiger partial charge in [0.1, 0.15) is 5.82 Å². The van der Waals surface area contributed by atoms with Gasteiger partial charge < -0.3 is 20.9 Å². The molecule has 8 heteroatoms. The lowest BCUT2D eigenvalue weighted by molar-refractivity contribution is -0.121. The number of aromatic nitrogens is 1. The molecule has 0 spiro atoms. The highest BCUT2D eigenvalue weighted by molar-refractivity contribution is 6.32. The molecule has 1 aliphatic heterocycles. The first-order chi connectivity index (χ1) is 13.2. The minimum atomic E-state index is 0.113. The van der Waals surface area contributed by atoms with Gasteiger partial charge in [-0.25, -0.2) is 4.98 Å². The molecule has 1 unspecified atom stereocenters. The van der Waals surface area contributed by atoms with Crippen LogP contribution in [0, 0.1) is 0 Å². The van der Waals surface area contributed by atoms with Crippen LogP contribution in [0.3, 0.4) is 0 Å². The van der Waals surface area contributed by atoms with Crippen molar-refractivity contribution in [3.63, 3.8) is 0 Å². The van der Waals surface area contributed by atoms with Gasteiger partial charge in [-0.15, -0.1) is 0 Å². The van der Waals surface area contributed by atoms with Crippen molar-refractivity contribution in [1.29, 1.82) is 0 Å². The van der Waals surface area contributed by atoms with E-state index in [4.69, 9.17) is 11.6 Å². The van der Waals surface area contributed by atoms with E-state index >= 15 is 0 Å². The maximum absolute atomic E-state index is 12.0. The molecule has 1 aliphatic carbocycles.